The van der Waals surface area contributed by atoms with Gasteiger partial charge in [-0.2, -0.15) is 0 Å². The van der Waals surface area contributed by atoms with E-state index in [0.717, 1.165) is 37.8 Å². The number of hydrogen-bond acceptors (Lipinski definition) is 4. The summed E-state index contributed by atoms with van der Waals surface area (Å²) in [4.78, 5) is 25.5. The van der Waals surface area contributed by atoms with Gasteiger partial charge in [0.2, 0.25) is 0 Å². The van der Waals surface area contributed by atoms with Gasteiger partial charge in [-0.15, -0.1) is 11.3 Å². The summed E-state index contributed by atoms with van der Waals surface area (Å²) in [7, 11) is 1.37. The molecule has 0 atom stereocenters. The lowest BCUT2D eigenvalue weighted by Crippen LogP contribution is -2.00. The Balaban J connectivity index is 2.09. The summed E-state index contributed by atoms with van der Waals surface area (Å²) in [5.41, 5.74) is 3.15. The van der Waals surface area contributed by atoms with Crippen molar-refractivity contribution in [3.8, 4) is 16.8 Å². The average Bonchev–Trinajstić information content (AvgIpc) is 3.25. The molecule has 0 saturated heterocycles. The van der Waals surface area contributed by atoms with Gasteiger partial charge < -0.3 is 4.74 Å². The third kappa shape index (κ3) is 3.01. The molecule has 0 radical (unpaired) electrons. The summed E-state index contributed by atoms with van der Waals surface area (Å²) in [6.45, 7) is 0. The molecule has 0 amide bonds. The largest absolute Gasteiger partial charge is 0.465 e. The number of benzene rings is 2. The number of rotatable bonds is 4. The molecular formula is C21H14BrNO3S. The first-order valence-electron chi connectivity index (χ1n) is 8.17. The number of esters is 1. The fraction of sp³-hybridized carbons (Fsp3) is 0.0476. The predicted molar refractivity (Wildman–Crippen MR) is 111 cm³/mol. The fourth-order valence-corrected chi connectivity index (χ4v) is 4.54. The van der Waals surface area contributed by atoms with Crippen LogP contribution in [0.1, 0.15) is 20.2 Å². The van der Waals surface area contributed by atoms with Gasteiger partial charge in [0, 0.05) is 21.1 Å². The number of ether oxygens (including phenoxy) is 1. The van der Waals surface area contributed by atoms with Crippen LogP contribution in [0.4, 0.5) is 0 Å². The maximum Gasteiger partial charge on any atom is 0.348 e. The highest BCUT2D eigenvalue weighted by molar-refractivity contribution is 9.10. The van der Waals surface area contributed by atoms with E-state index in [1.54, 1.807) is 6.07 Å². The lowest BCUT2D eigenvalue weighted by molar-refractivity contribution is 0.0606. The van der Waals surface area contributed by atoms with Crippen molar-refractivity contribution in [2.75, 3.05) is 7.11 Å². The van der Waals surface area contributed by atoms with Gasteiger partial charge in [0.25, 0.3) is 0 Å². The second kappa shape index (κ2) is 7.13. The molecule has 27 heavy (non-hydrogen) atoms. The predicted octanol–water partition coefficient (Wildman–Crippen LogP) is 5.72. The van der Waals surface area contributed by atoms with E-state index < -0.39 is 0 Å². The van der Waals surface area contributed by atoms with Gasteiger partial charge in [-0.1, -0.05) is 46.3 Å². The van der Waals surface area contributed by atoms with Crippen LogP contribution in [0.15, 0.2) is 65.1 Å². The fourth-order valence-electron chi connectivity index (χ4n) is 3.15. The van der Waals surface area contributed by atoms with Crippen molar-refractivity contribution in [1.82, 2.24) is 4.57 Å². The number of halogens is 1. The summed E-state index contributed by atoms with van der Waals surface area (Å²) in [5, 5.41) is 0.858. The van der Waals surface area contributed by atoms with Crippen LogP contribution in [-0.2, 0) is 4.74 Å². The number of hydrogen-bond donors (Lipinski definition) is 0. The van der Waals surface area contributed by atoms with Crippen molar-refractivity contribution in [2.24, 2.45) is 0 Å². The van der Waals surface area contributed by atoms with E-state index in [0.29, 0.717) is 10.6 Å². The van der Waals surface area contributed by atoms with Gasteiger partial charge in [-0.05, 0) is 35.9 Å². The van der Waals surface area contributed by atoms with E-state index in [1.807, 2.05) is 59.2 Å². The van der Waals surface area contributed by atoms with E-state index in [2.05, 4.69) is 15.9 Å². The molecule has 0 spiro atoms. The van der Waals surface area contributed by atoms with Gasteiger partial charge in [-0.3, -0.25) is 9.36 Å². The van der Waals surface area contributed by atoms with Crippen LogP contribution < -0.4 is 0 Å². The molecule has 4 aromatic rings. The van der Waals surface area contributed by atoms with Crippen molar-refractivity contribution in [3.63, 3.8) is 0 Å². The first-order valence-corrected chi connectivity index (χ1v) is 9.78. The maximum absolute atomic E-state index is 12.1. The minimum absolute atomic E-state index is 0.384. The van der Waals surface area contributed by atoms with E-state index in [9.17, 15) is 9.59 Å². The lowest BCUT2D eigenvalue weighted by atomic mass is 10.0. The number of aromatic nitrogens is 1. The first kappa shape index (κ1) is 17.7. The van der Waals surface area contributed by atoms with Crippen molar-refractivity contribution in [3.05, 3.63) is 75.7 Å². The highest BCUT2D eigenvalue weighted by Crippen LogP contribution is 2.40. The smallest absolute Gasteiger partial charge is 0.348 e. The Kier molecular flexibility index (Phi) is 4.68. The molecule has 0 bridgehead atoms. The van der Waals surface area contributed by atoms with Crippen LogP contribution in [0.2, 0.25) is 0 Å². The average molecular weight is 440 g/mol. The first-order chi connectivity index (χ1) is 13.1. The molecule has 0 aliphatic rings. The number of fused-ring (bicyclic) bond motifs is 1. The van der Waals surface area contributed by atoms with Crippen LogP contribution >= 0.6 is 27.3 Å². The molecule has 2 aromatic carbocycles. The zero-order valence-corrected chi connectivity index (χ0v) is 16.7. The van der Waals surface area contributed by atoms with Crippen LogP contribution in [0.3, 0.4) is 0 Å². The SMILES string of the molecule is COC(=O)c1cc2c(-c3ccccc3)c(C=O)n(-c3ccc(Br)cc3)c2s1. The Morgan fingerprint density at radius 2 is 1.81 bits per heavy atom. The second-order valence-electron chi connectivity index (χ2n) is 5.88. The lowest BCUT2D eigenvalue weighted by Gasteiger charge is -2.08. The second-order valence-corrected chi connectivity index (χ2v) is 7.82. The van der Waals surface area contributed by atoms with Crippen molar-refractivity contribution in [2.45, 2.75) is 0 Å². The van der Waals surface area contributed by atoms with E-state index in [4.69, 9.17) is 4.74 Å². The molecule has 2 heterocycles. The molecule has 2 aromatic heterocycles. The molecule has 134 valence electrons. The number of thiophene rings is 1. The van der Waals surface area contributed by atoms with Crippen molar-refractivity contribution < 1.29 is 14.3 Å². The van der Waals surface area contributed by atoms with E-state index in [1.165, 1.54) is 18.4 Å². The van der Waals surface area contributed by atoms with Crippen LogP contribution in [0.25, 0.3) is 27.0 Å². The third-order valence-corrected chi connectivity index (χ3v) is 5.96. The molecule has 4 rings (SSSR count). The molecular weight excluding hydrogens is 426 g/mol. The Bertz CT molecular complexity index is 1140. The van der Waals surface area contributed by atoms with Crippen molar-refractivity contribution in [1.29, 1.82) is 0 Å². The monoisotopic (exact) mass is 439 g/mol. The van der Waals surface area contributed by atoms with Crippen LogP contribution in [-0.4, -0.2) is 23.9 Å². The molecule has 0 unspecified atom stereocenters. The van der Waals surface area contributed by atoms with Crippen LogP contribution in [0, 0.1) is 0 Å². The standard InChI is InChI=1S/C21H14BrNO3S/c1-26-21(25)18-11-16-19(13-5-3-2-4-6-13)17(12-24)23(20(16)27-18)15-9-7-14(22)8-10-15/h2-12H,1H3. The summed E-state index contributed by atoms with van der Waals surface area (Å²) in [6, 6.07) is 19.2. The summed E-state index contributed by atoms with van der Waals surface area (Å²) >= 11 is 4.76. The molecule has 4 nitrogen and oxygen atoms in total. The topological polar surface area (TPSA) is 48.3 Å². The minimum Gasteiger partial charge on any atom is -0.465 e. The number of aldehydes is 1. The Labute approximate surface area is 168 Å². The number of nitrogens with zero attached hydrogens (tertiary/aromatic N) is 1. The summed E-state index contributed by atoms with van der Waals surface area (Å²) in [5.74, 6) is -0.384. The molecule has 0 aliphatic carbocycles. The van der Waals surface area contributed by atoms with E-state index in [-0.39, 0.29) is 5.97 Å². The number of carbonyl (C=O) groups excluding carboxylic acids is 2. The third-order valence-electron chi connectivity index (χ3n) is 4.33. The molecule has 0 fully saturated rings. The number of carbonyl (C=O) groups is 2. The van der Waals surface area contributed by atoms with Gasteiger partial charge in [0.1, 0.15) is 9.71 Å². The van der Waals surface area contributed by atoms with Gasteiger partial charge in [0.15, 0.2) is 6.29 Å². The zero-order valence-electron chi connectivity index (χ0n) is 14.3. The molecule has 0 aliphatic heterocycles. The highest BCUT2D eigenvalue weighted by Gasteiger charge is 2.23. The number of methoxy groups -OCH3 is 1. The minimum atomic E-state index is -0.384. The van der Waals surface area contributed by atoms with Gasteiger partial charge in [0.05, 0.1) is 12.8 Å². The Morgan fingerprint density at radius 1 is 1.11 bits per heavy atom. The molecule has 0 N–H and O–H groups in total. The highest BCUT2D eigenvalue weighted by atomic mass is 79.9. The zero-order chi connectivity index (χ0) is 19.0. The van der Waals surface area contributed by atoms with Gasteiger partial charge >= 0.3 is 5.97 Å². The van der Waals surface area contributed by atoms with Crippen LogP contribution in [0.5, 0.6) is 0 Å². The Morgan fingerprint density at radius 3 is 2.44 bits per heavy atom. The Hall–Kier alpha value is -2.70. The quantitative estimate of drug-likeness (QED) is 0.301. The van der Waals surface area contributed by atoms with Crippen molar-refractivity contribution >= 4 is 49.7 Å². The summed E-state index contributed by atoms with van der Waals surface area (Å²) < 4.78 is 7.73. The maximum atomic E-state index is 12.1. The van der Waals surface area contributed by atoms with E-state index >= 15 is 0 Å². The molecule has 0 saturated carbocycles. The molecule has 6 heteroatoms. The normalized spacial score (nSPS) is 10.9. The summed E-state index contributed by atoms with van der Waals surface area (Å²) in [6.07, 6.45) is 0.870. The van der Waals surface area contributed by atoms with Gasteiger partial charge in [-0.25, -0.2) is 4.79 Å².